The molecule has 0 spiro atoms. The van der Waals surface area contributed by atoms with Crippen LogP contribution in [-0.4, -0.2) is 29.2 Å². The number of nitrogens with one attached hydrogen (secondary N) is 3. The molecule has 0 fully saturated rings. The van der Waals surface area contributed by atoms with Gasteiger partial charge in [0, 0.05) is 12.2 Å². The zero-order valence-electron chi connectivity index (χ0n) is 15.9. The smallest absolute Gasteiger partial charge is 0.319 e. The molecule has 0 saturated heterocycles. The van der Waals surface area contributed by atoms with E-state index in [0.29, 0.717) is 39.7 Å². The number of fused-ring (bicyclic) bond motifs is 1. The van der Waals surface area contributed by atoms with Crippen molar-refractivity contribution in [3.63, 3.8) is 0 Å². The van der Waals surface area contributed by atoms with Crippen LogP contribution in [0, 0.1) is 0 Å². The summed E-state index contributed by atoms with van der Waals surface area (Å²) in [5, 5.41) is 9.27. The fourth-order valence-electron chi connectivity index (χ4n) is 2.93. The van der Waals surface area contributed by atoms with Crippen LogP contribution in [0.25, 0.3) is 16.6 Å². The molecule has 0 aliphatic carbocycles. The molecule has 1 heterocycles. The van der Waals surface area contributed by atoms with Gasteiger partial charge in [-0.25, -0.2) is 9.78 Å². The van der Waals surface area contributed by atoms with Gasteiger partial charge in [-0.3, -0.25) is 9.36 Å². The highest BCUT2D eigenvalue weighted by Gasteiger charge is 2.18. The molecule has 3 rings (SSSR count). The van der Waals surface area contributed by atoms with Crippen LogP contribution < -0.4 is 21.5 Å². The number of halogens is 1. The zero-order valence-corrected chi connectivity index (χ0v) is 16.7. The number of rotatable bonds is 5. The highest BCUT2D eigenvalue weighted by molar-refractivity contribution is 6.35. The molecule has 0 radical (unpaired) electrons. The fourth-order valence-corrected chi connectivity index (χ4v) is 3.18. The van der Waals surface area contributed by atoms with Crippen LogP contribution in [0.15, 0.2) is 47.3 Å². The van der Waals surface area contributed by atoms with Gasteiger partial charge in [0.25, 0.3) is 5.56 Å². The van der Waals surface area contributed by atoms with Crippen molar-refractivity contribution >= 4 is 34.2 Å². The molecular weight excluding hydrogens is 378 g/mol. The molecule has 3 N–H and O–H groups in total. The Morgan fingerprint density at radius 2 is 2.00 bits per heavy atom. The van der Waals surface area contributed by atoms with E-state index in [9.17, 15) is 9.59 Å². The predicted molar refractivity (Wildman–Crippen MR) is 113 cm³/mol. The zero-order chi connectivity index (χ0) is 20.3. The number of hydrogen-bond acceptors (Lipinski definition) is 4. The Kier molecular flexibility index (Phi) is 5.96. The molecule has 8 heteroatoms. The van der Waals surface area contributed by atoms with E-state index in [-0.39, 0.29) is 17.6 Å². The van der Waals surface area contributed by atoms with Crippen molar-refractivity contribution in [2.75, 3.05) is 18.9 Å². The average Bonchev–Trinajstić information content (AvgIpc) is 2.67. The molecule has 1 aromatic heterocycles. The van der Waals surface area contributed by atoms with Crippen molar-refractivity contribution < 1.29 is 4.79 Å². The Hall–Kier alpha value is -2.90. The monoisotopic (exact) mass is 399 g/mol. The van der Waals surface area contributed by atoms with Gasteiger partial charge in [-0.05, 0) is 51.2 Å². The summed E-state index contributed by atoms with van der Waals surface area (Å²) in [7, 11) is 1.80. The van der Waals surface area contributed by atoms with Gasteiger partial charge < -0.3 is 16.0 Å². The second-order valence-electron chi connectivity index (χ2n) is 6.29. The van der Waals surface area contributed by atoms with Crippen LogP contribution in [0.2, 0.25) is 5.02 Å². The number of hydrogen-bond donors (Lipinski definition) is 3. The van der Waals surface area contributed by atoms with Crippen molar-refractivity contribution in [3.8, 4) is 5.69 Å². The molecule has 2 amide bonds. The van der Waals surface area contributed by atoms with Crippen molar-refractivity contribution in [2.24, 2.45) is 0 Å². The first-order valence-corrected chi connectivity index (χ1v) is 9.37. The van der Waals surface area contributed by atoms with Crippen LogP contribution in [-0.2, 0) is 0 Å². The number of nitrogens with zero attached hydrogens (tertiary/aromatic N) is 2. The Balaban J connectivity index is 2.22. The van der Waals surface area contributed by atoms with Crippen molar-refractivity contribution in [1.82, 2.24) is 20.2 Å². The van der Waals surface area contributed by atoms with Gasteiger partial charge in [0.05, 0.1) is 27.7 Å². The van der Waals surface area contributed by atoms with E-state index in [4.69, 9.17) is 11.6 Å². The van der Waals surface area contributed by atoms with Gasteiger partial charge in [-0.1, -0.05) is 23.7 Å². The first kappa shape index (κ1) is 19.9. The van der Waals surface area contributed by atoms with Gasteiger partial charge in [0.2, 0.25) is 0 Å². The highest BCUT2D eigenvalue weighted by Crippen LogP contribution is 2.23. The first-order chi connectivity index (χ1) is 13.5. The molecule has 1 unspecified atom stereocenters. The Bertz CT molecular complexity index is 1080. The summed E-state index contributed by atoms with van der Waals surface area (Å²) in [5.74, 6) is 0.553. The van der Waals surface area contributed by atoms with Crippen LogP contribution in [0.3, 0.4) is 0 Å². The second kappa shape index (κ2) is 8.41. The minimum Gasteiger partial charge on any atom is -0.338 e. The lowest BCUT2D eigenvalue weighted by Gasteiger charge is -2.19. The quantitative estimate of drug-likeness (QED) is 0.613. The second-order valence-corrected chi connectivity index (χ2v) is 6.70. The molecule has 0 aliphatic rings. The number of benzene rings is 2. The lowest BCUT2D eigenvalue weighted by molar-refractivity contribution is 0.252. The van der Waals surface area contributed by atoms with Gasteiger partial charge in [0.1, 0.15) is 5.82 Å². The maximum absolute atomic E-state index is 13.3. The third-order valence-corrected chi connectivity index (χ3v) is 4.71. The van der Waals surface area contributed by atoms with Crippen molar-refractivity contribution in [1.29, 1.82) is 0 Å². The van der Waals surface area contributed by atoms with E-state index in [1.165, 1.54) is 4.57 Å². The van der Waals surface area contributed by atoms with Gasteiger partial charge in [-0.15, -0.1) is 0 Å². The first-order valence-electron chi connectivity index (χ1n) is 9.00. The molecule has 7 nitrogen and oxygen atoms in total. The number of carbonyl (C=O) groups excluding carboxylic acids is 1. The van der Waals surface area contributed by atoms with E-state index in [2.05, 4.69) is 20.9 Å². The van der Waals surface area contributed by atoms with Crippen LogP contribution >= 0.6 is 11.6 Å². The Labute approximate surface area is 167 Å². The largest absolute Gasteiger partial charge is 0.338 e. The number of urea groups is 1. The maximum atomic E-state index is 13.3. The van der Waals surface area contributed by atoms with E-state index < -0.39 is 0 Å². The lowest BCUT2D eigenvalue weighted by Crippen LogP contribution is -2.30. The van der Waals surface area contributed by atoms with E-state index >= 15 is 0 Å². The third kappa shape index (κ3) is 3.85. The summed E-state index contributed by atoms with van der Waals surface area (Å²) >= 11 is 6.29. The average molecular weight is 400 g/mol. The molecule has 28 heavy (non-hydrogen) atoms. The van der Waals surface area contributed by atoms with Gasteiger partial charge in [0.15, 0.2) is 0 Å². The molecule has 2 aromatic carbocycles. The van der Waals surface area contributed by atoms with E-state index in [0.717, 1.165) is 0 Å². The van der Waals surface area contributed by atoms with Crippen LogP contribution in [0.5, 0.6) is 0 Å². The summed E-state index contributed by atoms with van der Waals surface area (Å²) in [6.07, 6.45) is 0. The van der Waals surface area contributed by atoms with E-state index in [1.807, 2.05) is 13.8 Å². The molecule has 0 bridgehead atoms. The highest BCUT2D eigenvalue weighted by atomic mass is 35.5. The Morgan fingerprint density at radius 1 is 1.25 bits per heavy atom. The van der Waals surface area contributed by atoms with Gasteiger partial charge >= 0.3 is 6.03 Å². The molecule has 0 saturated carbocycles. The fraction of sp³-hybridized carbons (Fsp3) is 0.250. The standard InChI is InChI=1S/C20H22ClN5O2/c1-4-23-20(28)24-13-7-5-8-14(11-13)26-18(12(2)22-3)25-16-10-6-9-15(21)17(16)19(26)27/h5-12,22H,4H2,1-3H3,(H2,23,24,28). The summed E-state index contributed by atoms with van der Waals surface area (Å²) in [6, 6.07) is 11.8. The summed E-state index contributed by atoms with van der Waals surface area (Å²) < 4.78 is 1.53. The Morgan fingerprint density at radius 3 is 2.71 bits per heavy atom. The summed E-state index contributed by atoms with van der Waals surface area (Å²) in [5.41, 5.74) is 1.44. The number of anilines is 1. The SMILES string of the molecule is CCNC(=O)Nc1cccc(-n2c(C(C)NC)nc3cccc(Cl)c3c2=O)c1. The summed E-state index contributed by atoms with van der Waals surface area (Å²) in [6.45, 7) is 4.28. The van der Waals surface area contributed by atoms with Crippen molar-refractivity contribution in [2.45, 2.75) is 19.9 Å². The normalized spacial score (nSPS) is 12.0. The third-order valence-electron chi connectivity index (χ3n) is 4.39. The number of amides is 2. The molecule has 0 aliphatic heterocycles. The van der Waals surface area contributed by atoms with Crippen LogP contribution in [0.1, 0.15) is 25.7 Å². The van der Waals surface area contributed by atoms with E-state index in [1.54, 1.807) is 49.5 Å². The minimum atomic E-state index is -0.310. The predicted octanol–water partition coefficient (Wildman–Crippen LogP) is 3.46. The van der Waals surface area contributed by atoms with Crippen LogP contribution in [0.4, 0.5) is 10.5 Å². The van der Waals surface area contributed by atoms with Gasteiger partial charge in [-0.2, -0.15) is 0 Å². The molecule has 1 atom stereocenters. The number of carbonyl (C=O) groups is 1. The summed E-state index contributed by atoms with van der Waals surface area (Å²) in [4.78, 5) is 29.9. The maximum Gasteiger partial charge on any atom is 0.319 e. The van der Waals surface area contributed by atoms with Crippen molar-refractivity contribution in [3.05, 3.63) is 63.7 Å². The number of aromatic nitrogens is 2. The molecular formula is C20H22ClN5O2. The molecule has 146 valence electrons. The lowest BCUT2D eigenvalue weighted by atomic mass is 10.2. The topological polar surface area (TPSA) is 88.1 Å². The minimum absolute atomic E-state index is 0.184. The molecule has 3 aromatic rings.